The summed E-state index contributed by atoms with van der Waals surface area (Å²) in [7, 11) is 1.63. The van der Waals surface area contributed by atoms with Crippen LogP contribution in [0.5, 0.6) is 11.5 Å². The van der Waals surface area contributed by atoms with Crippen LogP contribution in [0.3, 0.4) is 0 Å². The molecule has 0 radical (unpaired) electrons. The predicted octanol–water partition coefficient (Wildman–Crippen LogP) is 10.0. The number of carboxylic acid groups (broad SMARTS) is 1. The minimum Gasteiger partial charge on any atom is -0.497 e. The molecule has 1 unspecified atom stereocenters. The van der Waals surface area contributed by atoms with Crippen molar-refractivity contribution in [1.82, 2.24) is 0 Å². The van der Waals surface area contributed by atoms with Gasteiger partial charge in [-0.25, -0.2) is 4.79 Å². The van der Waals surface area contributed by atoms with Gasteiger partial charge < -0.3 is 24.1 Å². The monoisotopic (exact) mass is 650 g/mol. The number of carbonyl (C=O) groups excluding carboxylic acids is 1. The van der Waals surface area contributed by atoms with Crippen LogP contribution in [0.1, 0.15) is 128 Å². The molecule has 47 heavy (non-hydrogen) atoms. The van der Waals surface area contributed by atoms with E-state index in [4.69, 9.17) is 24.1 Å². The van der Waals surface area contributed by atoms with E-state index in [1.54, 1.807) is 7.11 Å². The molecular weight excluding hydrogens is 592 g/mol. The van der Waals surface area contributed by atoms with Gasteiger partial charge in [0.15, 0.2) is 5.60 Å². The summed E-state index contributed by atoms with van der Waals surface area (Å²) in [5.74, 6) is 0.510. The maximum absolute atomic E-state index is 12.9. The number of esters is 1. The molecular formula is C40H58O7. The molecule has 0 aliphatic carbocycles. The van der Waals surface area contributed by atoms with Crippen molar-refractivity contribution in [2.45, 2.75) is 134 Å². The van der Waals surface area contributed by atoms with Gasteiger partial charge in [0.1, 0.15) is 18.1 Å². The molecule has 0 bridgehead atoms. The lowest BCUT2D eigenvalue weighted by Gasteiger charge is -2.27. The Morgan fingerprint density at radius 3 is 1.83 bits per heavy atom. The molecule has 1 aliphatic heterocycles. The first-order valence-electron chi connectivity index (χ1n) is 18.0. The Morgan fingerprint density at radius 1 is 0.745 bits per heavy atom. The van der Waals surface area contributed by atoms with Crippen molar-refractivity contribution < 1.29 is 33.6 Å². The van der Waals surface area contributed by atoms with Crippen LogP contribution in [0.4, 0.5) is 0 Å². The minimum absolute atomic E-state index is 0.217. The normalized spacial score (nSPS) is 16.8. The van der Waals surface area contributed by atoms with E-state index in [0.29, 0.717) is 25.2 Å². The molecule has 7 nitrogen and oxygen atoms in total. The molecule has 0 amide bonds. The Bertz CT molecular complexity index is 1160. The van der Waals surface area contributed by atoms with Gasteiger partial charge in [-0.3, -0.25) is 4.79 Å². The fourth-order valence-corrected chi connectivity index (χ4v) is 6.06. The molecule has 1 aliphatic rings. The molecule has 0 aromatic heterocycles. The molecule has 1 atom stereocenters. The molecule has 1 heterocycles. The van der Waals surface area contributed by atoms with Gasteiger partial charge in [-0.15, -0.1) is 0 Å². The van der Waals surface area contributed by atoms with Crippen LogP contribution in [0.25, 0.3) is 0 Å². The summed E-state index contributed by atoms with van der Waals surface area (Å²) >= 11 is 0. The largest absolute Gasteiger partial charge is 0.497 e. The zero-order chi connectivity index (χ0) is 33.4. The van der Waals surface area contributed by atoms with Crippen LogP contribution >= 0.6 is 0 Å². The third-order valence-corrected chi connectivity index (χ3v) is 8.86. The Morgan fingerprint density at radius 2 is 1.28 bits per heavy atom. The molecule has 3 rings (SSSR count). The molecule has 2 aromatic carbocycles. The van der Waals surface area contributed by atoms with E-state index in [9.17, 15) is 9.59 Å². The summed E-state index contributed by atoms with van der Waals surface area (Å²) in [6.07, 6.45) is 23.4. The number of carboxylic acids is 1. The van der Waals surface area contributed by atoms with E-state index >= 15 is 0 Å². The van der Waals surface area contributed by atoms with Gasteiger partial charge >= 0.3 is 11.9 Å². The lowest BCUT2D eigenvalue weighted by atomic mass is 9.98. The number of aliphatic carboxylic acids is 1. The van der Waals surface area contributed by atoms with E-state index in [2.05, 4.69) is 6.08 Å². The fourth-order valence-electron chi connectivity index (χ4n) is 6.06. The van der Waals surface area contributed by atoms with E-state index < -0.39 is 11.6 Å². The molecule has 2 aromatic rings. The number of hydrogen-bond donors (Lipinski definition) is 1. The van der Waals surface area contributed by atoms with Gasteiger partial charge in [-0.2, -0.15) is 0 Å². The van der Waals surface area contributed by atoms with Crippen molar-refractivity contribution in [2.24, 2.45) is 0 Å². The molecule has 0 spiro atoms. The fraction of sp³-hybridized carbons (Fsp3) is 0.600. The summed E-state index contributed by atoms with van der Waals surface area (Å²) in [5.41, 5.74) is 0.939. The zero-order valence-electron chi connectivity index (χ0n) is 28.7. The summed E-state index contributed by atoms with van der Waals surface area (Å²) in [6, 6.07) is 17.4. The summed E-state index contributed by atoms with van der Waals surface area (Å²) in [6.45, 7) is 0.926. The van der Waals surface area contributed by atoms with E-state index in [1.807, 2.05) is 54.6 Å². The first-order valence-corrected chi connectivity index (χ1v) is 18.0. The second kappa shape index (κ2) is 23.1. The van der Waals surface area contributed by atoms with Crippen LogP contribution in [0.15, 0.2) is 66.2 Å². The average Bonchev–Trinajstić information content (AvgIpc) is 3.40. The van der Waals surface area contributed by atoms with Crippen molar-refractivity contribution in [3.05, 3.63) is 71.8 Å². The summed E-state index contributed by atoms with van der Waals surface area (Å²) < 4.78 is 23.3. The second-order valence-corrected chi connectivity index (χ2v) is 13.0. The van der Waals surface area contributed by atoms with Crippen LogP contribution in [0.2, 0.25) is 0 Å². The Kier molecular flexibility index (Phi) is 18.7. The maximum Gasteiger partial charge on any atom is 0.334 e. The first kappa shape index (κ1) is 38.1. The van der Waals surface area contributed by atoms with Gasteiger partial charge in [0, 0.05) is 18.4 Å². The smallest absolute Gasteiger partial charge is 0.334 e. The van der Waals surface area contributed by atoms with E-state index in [0.717, 1.165) is 42.6 Å². The highest BCUT2D eigenvalue weighted by Gasteiger charge is 2.45. The van der Waals surface area contributed by atoms with E-state index in [-0.39, 0.29) is 19.2 Å². The number of cyclic esters (lactones) is 1. The number of carbonyl (C=O) groups is 2. The number of rotatable bonds is 27. The molecule has 1 N–H and O–H groups in total. The highest BCUT2D eigenvalue weighted by atomic mass is 16.6. The maximum atomic E-state index is 12.9. The standard InChI is InChI=1S/C40H58O7/c1-44-36-26-28-37(29-27-36)46-33-40(32-45-31-34-22-18-17-19-23-34)30-35(39(43)47-40)24-20-15-13-11-9-7-5-3-2-4-6-8-10-12-14-16-21-25-38(41)42/h17-19,22-24,26-29H,2-16,20-21,25,30-33H2,1H3,(H,41,42)/b35-24-. The quantitative estimate of drug-likeness (QED) is 0.0584. The van der Waals surface area contributed by atoms with E-state index in [1.165, 1.54) is 83.5 Å². The number of methoxy groups -OCH3 is 1. The van der Waals surface area contributed by atoms with Gasteiger partial charge in [0.05, 0.1) is 20.3 Å². The van der Waals surface area contributed by atoms with Gasteiger partial charge in [0.2, 0.25) is 0 Å². The number of benzene rings is 2. The molecule has 0 saturated carbocycles. The highest BCUT2D eigenvalue weighted by molar-refractivity contribution is 5.91. The number of unbranched alkanes of at least 4 members (excludes halogenated alkanes) is 16. The second-order valence-electron chi connectivity index (χ2n) is 13.0. The Hall–Kier alpha value is -3.32. The van der Waals surface area contributed by atoms with Crippen LogP contribution in [0, 0.1) is 0 Å². The third-order valence-electron chi connectivity index (χ3n) is 8.86. The lowest BCUT2D eigenvalue weighted by Crippen LogP contribution is -2.40. The number of allylic oxidation sites excluding steroid dienone is 1. The van der Waals surface area contributed by atoms with Gasteiger partial charge in [0.25, 0.3) is 0 Å². The summed E-state index contributed by atoms with van der Waals surface area (Å²) in [4.78, 5) is 23.4. The molecule has 260 valence electrons. The van der Waals surface area contributed by atoms with Crippen molar-refractivity contribution in [3.63, 3.8) is 0 Å². The lowest BCUT2D eigenvalue weighted by molar-refractivity contribution is -0.156. The number of ether oxygens (including phenoxy) is 4. The number of hydrogen-bond acceptors (Lipinski definition) is 6. The Balaban J connectivity index is 1.26. The molecule has 1 saturated heterocycles. The van der Waals surface area contributed by atoms with Gasteiger partial charge in [-0.1, -0.05) is 126 Å². The zero-order valence-corrected chi connectivity index (χ0v) is 28.7. The van der Waals surface area contributed by atoms with Crippen LogP contribution < -0.4 is 9.47 Å². The van der Waals surface area contributed by atoms with Crippen molar-refractivity contribution in [3.8, 4) is 11.5 Å². The van der Waals surface area contributed by atoms with Crippen molar-refractivity contribution in [2.75, 3.05) is 20.3 Å². The SMILES string of the molecule is COc1ccc(OCC2(COCc3ccccc3)C/C(=C/CCCCCCCCCCCCCCCCCCC(=O)O)C(=O)O2)cc1. The molecule has 7 heteroatoms. The topological polar surface area (TPSA) is 91.3 Å². The predicted molar refractivity (Wildman–Crippen MR) is 187 cm³/mol. The van der Waals surface area contributed by atoms with Crippen LogP contribution in [-0.4, -0.2) is 43.0 Å². The van der Waals surface area contributed by atoms with Crippen LogP contribution in [-0.2, 0) is 25.7 Å². The summed E-state index contributed by atoms with van der Waals surface area (Å²) in [5, 5.41) is 8.67. The highest BCUT2D eigenvalue weighted by Crippen LogP contribution is 2.33. The Labute approximate surface area is 283 Å². The minimum atomic E-state index is -0.859. The van der Waals surface area contributed by atoms with Crippen molar-refractivity contribution in [1.29, 1.82) is 0 Å². The van der Waals surface area contributed by atoms with Crippen molar-refractivity contribution >= 4 is 11.9 Å². The first-order chi connectivity index (χ1) is 23.0. The molecule has 1 fully saturated rings. The van der Waals surface area contributed by atoms with Gasteiger partial charge in [-0.05, 0) is 49.1 Å². The average molecular weight is 651 g/mol. The third kappa shape index (κ3) is 16.4.